The van der Waals surface area contributed by atoms with E-state index in [2.05, 4.69) is 37.7 Å². The van der Waals surface area contributed by atoms with Crippen molar-refractivity contribution in [2.75, 3.05) is 19.1 Å². The Morgan fingerprint density at radius 1 is 1.08 bits per heavy atom. The van der Waals surface area contributed by atoms with Gasteiger partial charge in [0.05, 0.1) is 12.3 Å². The first-order valence-corrected chi connectivity index (χ1v) is 14.5. The van der Waals surface area contributed by atoms with Crippen molar-refractivity contribution in [1.29, 1.82) is 5.41 Å². The summed E-state index contributed by atoms with van der Waals surface area (Å²) >= 11 is 0. The maximum Gasteiger partial charge on any atom is 0.229 e. The van der Waals surface area contributed by atoms with Crippen molar-refractivity contribution in [1.82, 2.24) is 0 Å². The molecule has 2 aliphatic carbocycles. The molecule has 0 unspecified atom stereocenters. The Hall–Kier alpha value is -2.46. The zero-order valence-electron chi connectivity index (χ0n) is 20.6. The summed E-state index contributed by atoms with van der Waals surface area (Å²) in [4.78, 5) is 2.25. The Morgan fingerprint density at radius 2 is 1.86 bits per heavy atom. The molecule has 0 aromatic heterocycles. The average Bonchev–Trinajstić information content (AvgIpc) is 2.86. The van der Waals surface area contributed by atoms with E-state index in [0.717, 1.165) is 28.2 Å². The zero-order valence-corrected chi connectivity index (χ0v) is 21.5. The number of hydrogen-bond donors (Lipinski definition) is 5. The first-order chi connectivity index (χ1) is 17.1. The smallest absolute Gasteiger partial charge is 0.229 e. The van der Waals surface area contributed by atoms with Crippen LogP contribution >= 0.6 is 10.0 Å². The highest BCUT2D eigenvalue weighted by Crippen LogP contribution is 2.66. The number of aliphatic hydroxyl groups is 4. The lowest BCUT2D eigenvalue weighted by Gasteiger charge is -2.44. The van der Waals surface area contributed by atoms with Gasteiger partial charge in [-0.3, -0.25) is 0 Å². The van der Waals surface area contributed by atoms with Crippen LogP contribution in [0.4, 0.5) is 0 Å². The highest BCUT2D eigenvalue weighted by atomic mass is 32.3. The SMILES string of the molecule is CC1=C(C2=C3C=CC(=N)C=C3S(C)(C)c3cc(O[C@@H]4O[C@H](CO)[C@H](O)[C@H](O)[C@H]4O)ccc32)CCC=C1. The summed E-state index contributed by atoms with van der Waals surface area (Å²) in [6, 6.07) is 5.82. The third kappa shape index (κ3) is 4.12. The van der Waals surface area contributed by atoms with Gasteiger partial charge in [-0.15, -0.1) is 0 Å². The van der Waals surface area contributed by atoms with Gasteiger partial charge in [0.25, 0.3) is 0 Å². The van der Waals surface area contributed by atoms with Crippen LogP contribution in [0.3, 0.4) is 0 Å². The minimum atomic E-state index is -1.52. The summed E-state index contributed by atoms with van der Waals surface area (Å²) in [5, 5.41) is 48.5. The highest BCUT2D eigenvalue weighted by molar-refractivity contribution is 8.36. The number of aliphatic hydroxyl groups excluding tert-OH is 4. The van der Waals surface area contributed by atoms with E-state index >= 15 is 0 Å². The number of fused-ring (bicyclic) bond motifs is 2. The number of hydrogen-bond acceptors (Lipinski definition) is 7. The van der Waals surface area contributed by atoms with Crippen LogP contribution in [0.15, 0.2) is 75.1 Å². The largest absolute Gasteiger partial charge is 0.462 e. The number of rotatable bonds is 4. The van der Waals surface area contributed by atoms with Gasteiger partial charge in [0.2, 0.25) is 6.29 Å². The molecule has 0 spiro atoms. The van der Waals surface area contributed by atoms with E-state index in [9.17, 15) is 20.4 Å². The van der Waals surface area contributed by atoms with E-state index in [0.29, 0.717) is 11.5 Å². The first kappa shape index (κ1) is 25.2. The first-order valence-electron chi connectivity index (χ1n) is 12.1. The van der Waals surface area contributed by atoms with Crippen molar-refractivity contribution >= 4 is 21.3 Å². The predicted octanol–water partition coefficient (Wildman–Crippen LogP) is 3.20. The predicted molar refractivity (Wildman–Crippen MR) is 141 cm³/mol. The summed E-state index contributed by atoms with van der Waals surface area (Å²) in [5.74, 6) is 0.456. The molecule has 7 nitrogen and oxygen atoms in total. The average molecular weight is 512 g/mol. The lowest BCUT2D eigenvalue weighted by atomic mass is 9.84. The highest BCUT2D eigenvalue weighted by Gasteiger charge is 2.45. The second-order valence-electron chi connectivity index (χ2n) is 9.99. The van der Waals surface area contributed by atoms with Gasteiger partial charge in [-0.2, -0.15) is 10.0 Å². The van der Waals surface area contributed by atoms with Gasteiger partial charge in [-0.05, 0) is 90.5 Å². The molecule has 2 heterocycles. The molecule has 1 aromatic rings. The van der Waals surface area contributed by atoms with Crippen molar-refractivity contribution < 1.29 is 29.9 Å². The second-order valence-corrected chi connectivity index (χ2v) is 13.5. The lowest BCUT2D eigenvalue weighted by molar-refractivity contribution is -0.277. The fourth-order valence-corrected chi connectivity index (χ4v) is 7.86. The topological polar surface area (TPSA) is 123 Å². The van der Waals surface area contributed by atoms with Crippen LogP contribution in [-0.4, -0.2) is 76.0 Å². The molecule has 4 aliphatic rings. The van der Waals surface area contributed by atoms with Crippen molar-refractivity contribution in [2.24, 2.45) is 0 Å². The molecule has 5 atom stereocenters. The number of nitrogens with one attached hydrogen (secondary N) is 1. The van der Waals surface area contributed by atoms with Gasteiger partial charge >= 0.3 is 0 Å². The molecule has 1 aromatic carbocycles. The molecule has 1 saturated heterocycles. The second kappa shape index (κ2) is 9.45. The Morgan fingerprint density at radius 3 is 2.58 bits per heavy atom. The van der Waals surface area contributed by atoms with Gasteiger partial charge in [0.15, 0.2) is 0 Å². The van der Waals surface area contributed by atoms with Crippen molar-refractivity contribution in [3.05, 3.63) is 75.8 Å². The van der Waals surface area contributed by atoms with Crippen LogP contribution in [0.1, 0.15) is 25.3 Å². The molecule has 1 fully saturated rings. The Kier molecular flexibility index (Phi) is 6.61. The fourth-order valence-electron chi connectivity index (χ4n) is 5.35. The molecule has 0 radical (unpaired) electrons. The van der Waals surface area contributed by atoms with Crippen LogP contribution in [0.25, 0.3) is 5.57 Å². The molecule has 36 heavy (non-hydrogen) atoms. The van der Waals surface area contributed by atoms with E-state index in [1.165, 1.54) is 22.3 Å². The van der Waals surface area contributed by atoms with Crippen molar-refractivity contribution in [3.8, 4) is 5.75 Å². The molecule has 0 bridgehead atoms. The molecule has 0 amide bonds. The normalized spacial score (nSPS) is 32.1. The summed E-state index contributed by atoms with van der Waals surface area (Å²) in [7, 11) is -1.52. The van der Waals surface area contributed by atoms with Gasteiger partial charge in [-0.1, -0.05) is 18.2 Å². The molecule has 5 N–H and O–H groups in total. The summed E-state index contributed by atoms with van der Waals surface area (Å²) in [5.41, 5.74) is 6.50. The lowest BCUT2D eigenvalue weighted by Crippen LogP contribution is -2.60. The van der Waals surface area contributed by atoms with E-state index in [-0.39, 0.29) is 0 Å². The van der Waals surface area contributed by atoms with E-state index < -0.39 is 47.3 Å². The quantitative estimate of drug-likeness (QED) is 0.423. The van der Waals surface area contributed by atoms with Crippen molar-refractivity contribution in [2.45, 2.75) is 55.4 Å². The Labute approximate surface area is 212 Å². The monoisotopic (exact) mass is 511 g/mol. The maximum absolute atomic E-state index is 10.5. The number of ether oxygens (including phenoxy) is 2. The van der Waals surface area contributed by atoms with E-state index in [1.54, 1.807) is 0 Å². The summed E-state index contributed by atoms with van der Waals surface area (Å²) in [6.45, 7) is 1.62. The van der Waals surface area contributed by atoms with E-state index in [4.69, 9.17) is 14.9 Å². The summed E-state index contributed by atoms with van der Waals surface area (Å²) < 4.78 is 11.5. The molecule has 8 heteroatoms. The minimum absolute atomic E-state index is 0.456. The Bertz CT molecular complexity index is 1250. The molecule has 2 aliphatic heterocycles. The van der Waals surface area contributed by atoms with Crippen LogP contribution in [0.5, 0.6) is 5.75 Å². The van der Waals surface area contributed by atoms with E-state index in [1.807, 2.05) is 30.4 Å². The molecule has 192 valence electrons. The third-order valence-electron chi connectivity index (χ3n) is 7.38. The van der Waals surface area contributed by atoms with Crippen LogP contribution < -0.4 is 4.74 Å². The molecule has 5 rings (SSSR count). The summed E-state index contributed by atoms with van der Waals surface area (Å²) in [6.07, 6.45) is 9.90. The van der Waals surface area contributed by atoms with Crippen LogP contribution in [0.2, 0.25) is 0 Å². The van der Waals surface area contributed by atoms with Gasteiger partial charge in [0.1, 0.15) is 30.2 Å². The van der Waals surface area contributed by atoms with Gasteiger partial charge in [-0.25, -0.2) is 0 Å². The zero-order chi connectivity index (χ0) is 25.8. The number of benzene rings is 1. The molecular weight excluding hydrogens is 478 g/mol. The van der Waals surface area contributed by atoms with Gasteiger partial charge in [0, 0.05) is 9.80 Å². The van der Waals surface area contributed by atoms with Gasteiger partial charge < -0.3 is 35.3 Å². The van der Waals surface area contributed by atoms with Crippen LogP contribution in [0, 0.1) is 5.41 Å². The van der Waals surface area contributed by atoms with Crippen LogP contribution in [-0.2, 0) is 4.74 Å². The fraction of sp³-hybridized carbons (Fsp3) is 0.393. The minimum Gasteiger partial charge on any atom is -0.462 e. The standard InChI is InChI=1S/C28H33NO6S/c1-15-6-4-5-7-18(15)24-19-10-8-16(29)12-22(19)36(2,3)23-13-17(9-11-20(23)24)34-28-27(33)26(32)25(31)21(14-30)35-28/h4,6,8-13,21,25-33H,5,7,14H2,1-3H3/t21-,25+,26+,27-,28-/m1/s1. The maximum atomic E-state index is 10.5. The molecule has 0 saturated carbocycles. The molecular formula is C28H33NO6S. The number of allylic oxidation sites excluding steroid dienone is 9. The third-order valence-corrected chi connectivity index (χ3v) is 10.3. The Balaban J connectivity index is 1.60. The van der Waals surface area contributed by atoms with Crippen molar-refractivity contribution in [3.63, 3.8) is 0 Å².